The van der Waals surface area contributed by atoms with Gasteiger partial charge in [0.15, 0.2) is 0 Å². The Bertz CT molecular complexity index is 2060. The number of aromatic nitrogens is 4. The molecule has 0 bridgehead atoms. The van der Waals surface area contributed by atoms with Gasteiger partial charge >= 0.3 is 247 Å². The van der Waals surface area contributed by atoms with Crippen LogP contribution in [0.1, 0.15) is 32.6 Å². The molecule has 1 N–H and O–H groups in total. The Morgan fingerprint density at radius 1 is 0.905 bits per heavy atom. The molecular formula is C31H23AsF3N5O2. The predicted octanol–water partition coefficient (Wildman–Crippen LogP) is 5.91. The molecule has 2 radical (unpaired) electrons. The topological polar surface area (TPSA) is 85.8 Å². The molecule has 42 heavy (non-hydrogen) atoms. The van der Waals surface area contributed by atoms with E-state index < -0.39 is 28.9 Å². The zero-order valence-electron chi connectivity index (χ0n) is 22.7. The van der Waals surface area contributed by atoms with Crippen LogP contribution in [0, 0.1) is 17.5 Å². The van der Waals surface area contributed by atoms with Gasteiger partial charge in [0.1, 0.15) is 0 Å². The van der Waals surface area contributed by atoms with Crippen LogP contribution in [-0.2, 0) is 0 Å². The van der Waals surface area contributed by atoms with Gasteiger partial charge in [-0.2, -0.15) is 0 Å². The van der Waals surface area contributed by atoms with Crippen molar-refractivity contribution in [1.82, 2.24) is 19.7 Å². The second-order valence-corrected chi connectivity index (χ2v) is 11.0. The molecule has 0 spiro atoms. The van der Waals surface area contributed by atoms with E-state index in [1.807, 2.05) is 13.8 Å². The first-order chi connectivity index (χ1) is 20.1. The minimum atomic E-state index is -0.784. The summed E-state index contributed by atoms with van der Waals surface area (Å²) < 4.78 is 52.6. The number of rotatable bonds is 6. The quantitative estimate of drug-likeness (QED) is 0.231. The molecule has 1 unspecified atom stereocenters. The molecule has 0 fully saturated rings. The standard InChI is InChI=1S/C31H23AsF3N5O2/c1-15(2)38-22-11-10-18(13-21(22)35)27-26-30(32)36-14-37-31(26)40(39-27)16(3)29-24(17-6-4-7-19(33)12-17)28(41)25-20(34)8-5-9-23(25)42-29/h4-16,38H,1-3H3. The van der Waals surface area contributed by atoms with E-state index in [0.717, 1.165) is 0 Å². The van der Waals surface area contributed by atoms with Gasteiger partial charge in [0.2, 0.25) is 0 Å². The van der Waals surface area contributed by atoms with Gasteiger partial charge in [-0.1, -0.05) is 0 Å². The number of nitrogens with one attached hydrogen (secondary N) is 1. The summed E-state index contributed by atoms with van der Waals surface area (Å²) in [6.45, 7) is 5.57. The summed E-state index contributed by atoms with van der Waals surface area (Å²) in [5, 5.41) is 8.21. The zero-order valence-corrected chi connectivity index (χ0v) is 24.6. The fourth-order valence-electron chi connectivity index (χ4n) is 5.06. The van der Waals surface area contributed by atoms with Crippen LogP contribution in [0.2, 0.25) is 0 Å². The van der Waals surface area contributed by atoms with Gasteiger partial charge in [-0.3, -0.25) is 0 Å². The van der Waals surface area contributed by atoms with E-state index in [1.165, 1.54) is 48.8 Å². The molecule has 0 aliphatic carbocycles. The van der Waals surface area contributed by atoms with Gasteiger partial charge in [0, 0.05) is 0 Å². The molecule has 0 aliphatic heterocycles. The van der Waals surface area contributed by atoms with Gasteiger partial charge < -0.3 is 0 Å². The molecule has 1 atom stereocenters. The maximum atomic E-state index is 15.1. The molecule has 210 valence electrons. The van der Waals surface area contributed by atoms with E-state index in [4.69, 9.17) is 9.52 Å². The first-order valence-corrected chi connectivity index (χ1v) is 14.1. The Kier molecular flexibility index (Phi) is 7.10. The van der Waals surface area contributed by atoms with Crippen molar-refractivity contribution in [2.75, 3.05) is 5.32 Å². The Morgan fingerprint density at radius 3 is 2.43 bits per heavy atom. The van der Waals surface area contributed by atoms with Gasteiger partial charge in [-0.15, -0.1) is 0 Å². The molecular weight excluding hydrogens is 606 g/mol. The molecule has 6 rings (SSSR count). The summed E-state index contributed by atoms with van der Waals surface area (Å²) in [6, 6.07) is 13.6. The third kappa shape index (κ3) is 4.75. The zero-order chi connectivity index (χ0) is 29.7. The monoisotopic (exact) mass is 629 g/mol. The van der Waals surface area contributed by atoms with Crippen molar-refractivity contribution in [3.63, 3.8) is 0 Å². The van der Waals surface area contributed by atoms with Crippen LogP contribution in [0.5, 0.6) is 0 Å². The normalized spacial score (nSPS) is 12.4. The SMILES string of the molecule is CC(C)Nc1ccc(-c2nn(C(C)c3oc4cccc(F)c4c(=O)c3-c3cccc(F)c3)c3ncnc([As])c23)cc1F. The van der Waals surface area contributed by atoms with Gasteiger partial charge in [-0.05, 0) is 0 Å². The Labute approximate surface area is 246 Å². The fourth-order valence-corrected chi connectivity index (χ4v) is 5.60. The van der Waals surface area contributed by atoms with Crippen molar-refractivity contribution in [2.45, 2.75) is 32.9 Å². The molecule has 3 aromatic heterocycles. The third-order valence-electron chi connectivity index (χ3n) is 6.91. The third-order valence-corrected chi connectivity index (χ3v) is 7.62. The molecule has 6 aromatic rings. The van der Waals surface area contributed by atoms with Crippen molar-refractivity contribution in [1.29, 1.82) is 0 Å². The van der Waals surface area contributed by atoms with Crippen molar-refractivity contribution in [3.8, 4) is 22.4 Å². The van der Waals surface area contributed by atoms with Gasteiger partial charge in [-0.25, -0.2) is 0 Å². The van der Waals surface area contributed by atoms with Crippen molar-refractivity contribution >= 4 is 49.0 Å². The van der Waals surface area contributed by atoms with E-state index in [1.54, 1.807) is 29.8 Å². The van der Waals surface area contributed by atoms with Crippen molar-refractivity contribution in [3.05, 3.63) is 100 Å². The summed E-state index contributed by atoms with van der Waals surface area (Å²) in [5.41, 5.74) is 1.30. The number of benzene rings is 3. The van der Waals surface area contributed by atoms with Crippen LogP contribution in [0.4, 0.5) is 18.9 Å². The molecule has 7 nitrogen and oxygen atoms in total. The van der Waals surface area contributed by atoms with Crippen molar-refractivity contribution < 1.29 is 17.6 Å². The first kappa shape index (κ1) is 27.7. The van der Waals surface area contributed by atoms with E-state index in [0.29, 0.717) is 32.5 Å². The van der Waals surface area contributed by atoms with Crippen LogP contribution in [0.25, 0.3) is 44.4 Å². The first-order valence-electron chi connectivity index (χ1n) is 13.1. The average Bonchev–Trinajstić information content (AvgIpc) is 3.34. The van der Waals surface area contributed by atoms with Crippen LogP contribution < -0.4 is 15.2 Å². The molecule has 0 saturated carbocycles. The van der Waals surface area contributed by atoms with Crippen LogP contribution >= 0.6 is 0 Å². The summed E-state index contributed by atoms with van der Waals surface area (Å²) in [5.74, 6) is -1.63. The Balaban J connectivity index is 1.60. The van der Waals surface area contributed by atoms with E-state index in [2.05, 4.69) is 32.1 Å². The summed E-state index contributed by atoms with van der Waals surface area (Å²) in [6.07, 6.45) is 1.38. The van der Waals surface area contributed by atoms with E-state index >= 15 is 4.39 Å². The van der Waals surface area contributed by atoms with Crippen LogP contribution in [0.15, 0.2) is 76.2 Å². The minimum absolute atomic E-state index is 0.00140. The number of halogens is 3. The molecule has 11 heteroatoms. The van der Waals surface area contributed by atoms with Crippen LogP contribution in [-0.4, -0.2) is 42.6 Å². The van der Waals surface area contributed by atoms with Gasteiger partial charge in [0.05, 0.1) is 0 Å². The van der Waals surface area contributed by atoms with Crippen molar-refractivity contribution in [2.24, 2.45) is 0 Å². The maximum absolute atomic E-state index is 15.1. The molecule has 0 saturated heterocycles. The second-order valence-electron chi connectivity index (χ2n) is 10.2. The summed E-state index contributed by atoms with van der Waals surface area (Å²) in [7, 11) is 0. The van der Waals surface area contributed by atoms with E-state index in [9.17, 15) is 13.6 Å². The summed E-state index contributed by atoms with van der Waals surface area (Å²) in [4.78, 5) is 22.5. The number of hydrogen-bond donors (Lipinski definition) is 1. The fraction of sp³-hybridized carbons (Fsp3) is 0.161. The molecule has 3 heterocycles. The number of anilines is 1. The summed E-state index contributed by atoms with van der Waals surface area (Å²) >= 11 is 2.36. The molecule has 0 amide bonds. The number of fused-ring (bicyclic) bond motifs is 2. The number of nitrogens with zero attached hydrogens (tertiary/aromatic N) is 4. The molecule has 0 aliphatic rings. The predicted molar refractivity (Wildman–Crippen MR) is 157 cm³/mol. The van der Waals surface area contributed by atoms with Gasteiger partial charge in [0.25, 0.3) is 0 Å². The second kappa shape index (κ2) is 10.8. The Morgan fingerprint density at radius 2 is 1.69 bits per heavy atom. The number of hydrogen-bond acceptors (Lipinski definition) is 6. The average molecular weight is 629 g/mol. The van der Waals surface area contributed by atoms with Crippen LogP contribution in [0.3, 0.4) is 0 Å². The van der Waals surface area contributed by atoms with E-state index in [-0.39, 0.29) is 33.9 Å². The Hall–Kier alpha value is -4.43. The molecule has 3 aromatic carbocycles.